The van der Waals surface area contributed by atoms with Crippen LogP contribution < -0.4 is 41.5 Å². The van der Waals surface area contributed by atoms with Crippen LogP contribution in [0.25, 0.3) is 55.0 Å². The van der Waals surface area contributed by atoms with Gasteiger partial charge in [0.15, 0.2) is 16.1 Å². The van der Waals surface area contributed by atoms with E-state index in [1.165, 1.54) is 85.1 Å². The molecule has 0 bridgehead atoms. The van der Waals surface area contributed by atoms with Crippen molar-refractivity contribution in [3.05, 3.63) is 291 Å². The van der Waals surface area contributed by atoms with Crippen LogP contribution in [0.4, 0.5) is 0 Å². The van der Waals surface area contributed by atoms with Gasteiger partial charge < -0.3 is 9.13 Å². The van der Waals surface area contributed by atoms with Crippen LogP contribution in [0.1, 0.15) is 0 Å². The van der Waals surface area contributed by atoms with E-state index in [9.17, 15) is 0 Å². The van der Waals surface area contributed by atoms with Crippen molar-refractivity contribution >= 4 is 101 Å². The molecule has 0 fully saturated rings. The van der Waals surface area contributed by atoms with Crippen LogP contribution in [-0.4, -0.2) is 25.3 Å². The fraction of sp³-hybridized carbons (Fsp3) is 0. The van der Waals surface area contributed by atoms with Gasteiger partial charge in [-0.05, 0) is 84.0 Å². The summed E-state index contributed by atoms with van der Waals surface area (Å²) in [5.74, 6) is 0. The van der Waals surface area contributed by atoms with Crippen LogP contribution in [0.3, 0.4) is 0 Å². The van der Waals surface area contributed by atoms with Gasteiger partial charge in [0.05, 0.1) is 22.1 Å². The SMILES string of the molecule is c1ccc([Si](c2ccccc2)(c2ccccc2)c2ccc3c(c2)c2cc([Si](c4ccccc4)(c4ccccc4)c4ccccc4)ccc2n3-c2cccc(-n3c4ccccc4c4ccccc43)c2)cc1. The lowest BCUT2D eigenvalue weighted by Gasteiger charge is -2.34. The number of hydrogen-bond donors (Lipinski definition) is 0. The van der Waals surface area contributed by atoms with Gasteiger partial charge in [0.2, 0.25) is 0 Å². The quantitative estimate of drug-likeness (QED) is 0.0956. The maximum atomic E-state index is 2.57. The molecule has 70 heavy (non-hydrogen) atoms. The summed E-state index contributed by atoms with van der Waals surface area (Å²) in [5.41, 5.74) is 7.01. The predicted octanol–water partition coefficient (Wildman–Crippen LogP) is 10.6. The molecule has 2 nitrogen and oxygen atoms in total. The largest absolute Gasteiger partial charge is 0.309 e. The van der Waals surface area contributed by atoms with Gasteiger partial charge in [0, 0.05) is 32.9 Å². The minimum Gasteiger partial charge on any atom is -0.309 e. The molecule has 0 N–H and O–H groups in total. The number of aromatic nitrogens is 2. The molecule has 0 amide bonds. The average molecular weight is 925 g/mol. The van der Waals surface area contributed by atoms with Crippen molar-refractivity contribution in [2.45, 2.75) is 0 Å². The second kappa shape index (κ2) is 17.2. The smallest absolute Gasteiger partial charge is 0.179 e. The summed E-state index contributed by atoms with van der Waals surface area (Å²) in [5, 5.41) is 15.9. The van der Waals surface area contributed by atoms with Crippen molar-refractivity contribution in [2.24, 2.45) is 0 Å². The summed E-state index contributed by atoms with van der Waals surface area (Å²) in [6.07, 6.45) is 0. The molecule has 0 aliphatic rings. The third-order valence-electron chi connectivity index (χ3n) is 14.8. The minimum atomic E-state index is -2.88. The first-order valence-electron chi connectivity index (χ1n) is 24.3. The van der Waals surface area contributed by atoms with Gasteiger partial charge in [-0.2, -0.15) is 0 Å². The fourth-order valence-electron chi connectivity index (χ4n) is 11.9. The average Bonchev–Trinajstić information content (AvgIpc) is 3.96. The maximum absolute atomic E-state index is 2.88. The molecule has 2 aromatic heterocycles. The fourth-order valence-corrected chi connectivity index (χ4v) is 21.4. The summed E-state index contributed by atoms with van der Waals surface area (Å²) < 4.78 is 4.94. The van der Waals surface area contributed by atoms with Crippen LogP contribution in [-0.2, 0) is 0 Å². The Bertz CT molecular complexity index is 3550. The summed E-state index contributed by atoms with van der Waals surface area (Å²) in [6, 6.07) is 109. The standard InChI is InChI=1S/C66H48N2Si2/c1-7-26-51(27-8-1)69(52-28-9-2-10-29-52,53-30-11-3-12-31-53)57-42-44-65-61(47-57)62-48-58(70(54-32-13-4-14-33-54,55-34-15-5-16-35-55)56-36-17-6-18-37-56)43-45-66(62)68(65)50-25-23-24-49(46-50)67-63-40-21-19-38-59(63)60-39-20-22-41-64(60)67/h1-48H. The number of rotatable bonds is 10. The molecule has 13 aromatic rings. The van der Waals surface area contributed by atoms with E-state index < -0.39 is 16.1 Å². The van der Waals surface area contributed by atoms with E-state index in [-0.39, 0.29) is 0 Å². The molecule has 0 atom stereocenters. The Morgan fingerprint density at radius 2 is 0.457 bits per heavy atom. The molecular formula is C66H48N2Si2. The van der Waals surface area contributed by atoms with Gasteiger partial charge in [-0.1, -0.05) is 249 Å². The van der Waals surface area contributed by atoms with Crippen molar-refractivity contribution in [1.82, 2.24) is 9.13 Å². The van der Waals surface area contributed by atoms with Crippen molar-refractivity contribution in [3.63, 3.8) is 0 Å². The first-order valence-corrected chi connectivity index (χ1v) is 28.3. The molecule has 0 aliphatic heterocycles. The monoisotopic (exact) mass is 924 g/mol. The molecule has 0 radical (unpaired) electrons. The molecular weight excluding hydrogens is 877 g/mol. The zero-order valence-electron chi connectivity index (χ0n) is 38.6. The van der Waals surface area contributed by atoms with Gasteiger partial charge in [-0.3, -0.25) is 0 Å². The van der Waals surface area contributed by atoms with Gasteiger partial charge in [0.1, 0.15) is 0 Å². The number of benzene rings is 11. The Kier molecular flexibility index (Phi) is 10.2. The number of hydrogen-bond acceptors (Lipinski definition) is 0. The molecule has 2 heterocycles. The highest BCUT2D eigenvalue weighted by molar-refractivity contribution is 7.20. The van der Waals surface area contributed by atoms with E-state index in [1.807, 2.05) is 0 Å². The van der Waals surface area contributed by atoms with Gasteiger partial charge in [-0.25, -0.2) is 0 Å². The Balaban J connectivity index is 1.14. The molecule has 0 saturated carbocycles. The normalized spacial score (nSPS) is 12.0. The van der Waals surface area contributed by atoms with Crippen molar-refractivity contribution in [2.75, 3.05) is 0 Å². The van der Waals surface area contributed by atoms with Crippen molar-refractivity contribution in [1.29, 1.82) is 0 Å². The lowest BCUT2D eigenvalue weighted by molar-refractivity contribution is 1.13. The zero-order valence-corrected chi connectivity index (χ0v) is 40.6. The van der Waals surface area contributed by atoms with Gasteiger partial charge in [0.25, 0.3) is 0 Å². The summed E-state index contributed by atoms with van der Waals surface area (Å²) in [6.45, 7) is 0. The summed E-state index contributed by atoms with van der Waals surface area (Å²) in [4.78, 5) is 0. The molecule has 0 unspecified atom stereocenters. The topological polar surface area (TPSA) is 9.86 Å². The summed E-state index contributed by atoms with van der Waals surface area (Å²) in [7, 11) is -5.77. The minimum absolute atomic E-state index is 1.12. The third-order valence-corrected chi connectivity index (χ3v) is 24.3. The second-order valence-corrected chi connectivity index (χ2v) is 26.0. The highest BCUT2D eigenvalue weighted by Crippen LogP contribution is 2.36. The summed E-state index contributed by atoms with van der Waals surface area (Å²) >= 11 is 0. The lowest BCUT2D eigenvalue weighted by atomic mass is 10.1. The Hall–Kier alpha value is -8.55. The van der Waals surface area contributed by atoms with Gasteiger partial charge >= 0.3 is 0 Å². The van der Waals surface area contributed by atoms with Crippen molar-refractivity contribution in [3.8, 4) is 11.4 Å². The van der Waals surface area contributed by atoms with E-state index in [2.05, 4.69) is 300 Å². The Morgan fingerprint density at radius 3 is 0.771 bits per heavy atom. The van der Waals surface area contributed by atoms with Gasteiger partial charge in [-0.15, -0.1) is 0 Å². The van der Waals surface area contributed by atoms with Crippen LogP contribution in [0.5, 0.6) is 0 Å². The van der Waals surface area contributed by atoms with E-state index >= 15 is 0 Å². The van der Waals surface area contributed by atoms with E-state index in [0.717, 1.165) is 11.4 Å². The first kappa shape index (κ1) is 41.6. The molecule has 11 aromatic carbocycles. The molecule has 4 heteroatoms. The third kappa shape index (κ3) is 6.45. The Morgan fingerprint density at radius 1 is 0.186 bits per heavy atom. The van der Waals surface area contributed by atoms with Crippen LogP contribution in [0, 0.1) is 0 Å². The highest BCUT2D eigenvalue weighted by Gasteiger charge is 2.43. The van der Waals surface area contributed by atoms with E-state index in [0.29, 0.717) is 0 Å². The lowest BCUT2D eigenvalue weighted by Crippen LogP contribution is -2.74. The Labute approximate surface area is 410 Å². The van der Waals surface area contributed by atoms with Crippen LogP contribution in [0.2, 0.25) is 0 Å². The number of nitrogens with zero attached hydrogens (tertiary/aromatic N) is 2. The molecule has 0 saturated heterocycles. The predicted molar refractivity (Wildman–Crippen MR) is 302 cm³/mol. The van der Waals surface area contributed by atoms with E-state index in [1.54, 1.807) is 0 Å². The molecule has 0 spiro atoms. The number of fused-ring (bicyclic) bond motifs is 6. The first-order chi connectivity index (χ1) is 34.7. The van der Waals surface area contributed by atoms with Crippen molar-refractivity contribution < 1.29 is 0 Å². The molecule has 330 valence electrons. The molecule has 0 aliphatic carbocycles. The highest BCUT2D eigenvalue weighted by atomic mass is 28.3. The second-order valence-electron chi connectivity index (χ2n) is 18.4. The zero-order chi connectivity index (χ0) is 46.5. The van der Waals surface area contributed by atoms with Crippen LogP contribution in [0.15, 0.2) is 291 Å². The number of para-hydroxylation sites is 2. The van der Waals surface area contributed by atoms with E-state index in [4.69, 9.17) is 0 Å². The molecule has 13 rings (SSSR count). The maximum Gasteiger partial charge on any atom is 0.179 e. The van der Waals surface area contributed by atoms with Crippen LogP contribution >= 0.6 is 0 Å².